The van der Waals surface area contributed by atoms with E-state index in [0.29, 0.717) is 10.7 Å². The zero-order chi connectivity index (χ0) is 15.4. The van der Waals surface area contributed by atoms with Gasteiger partial charge in [0.05, 0.1) is 17.8 Å². The van der Waals surface area contributed by atoms with Crippen molar-refractivity contribution in [3.63, 3.8) is 0 Å². The van der Waals surface area contributed by atoms with Crippen LogP contribution in [0.4, 0.5) is 10.5 Å². The number of urea groups is 1. The minimum atomic E-state index is -1.18. The van der Waals surface area contributed by atoms with Crippen LogP contribution in [0.5, 0.6) is 0 Å². The molecule has 0 bridgehead atoms. The van der Waals surface area contributed by atoms with E-state index in [1.165, 1.54) is 18.2 Å². The quantitative estimate of drug-likeness (QED) is 0.689. The molecule has 0 atom stereocenters. The third-order valence-corrected chi connectivity index (χ3v) is 3.42. The summed E-state index contributed by atoms with van der Waals surface area (Å²) in [5.41, 5.74) is 0.578. The first kappa shape index (κ1) is 15.1. The van der Waals surface area contributed by atoms with Crippen LogP contribution in [0, 0.1) is 0 Å². The number of hydrogen-bond acceptors (Lipinski definition) is 4. The Bertz CT molecular complexity index is 740. The van der Waals surface area contributed by atoms with Crippen molar-refractivity contribution in [2.45, 2.75) is 6.54 Å². The van der Waals surface area contributed by atoms with E-state index in [9.17, 15) is 14.4 Å². The smallest absolute Gasteiger partial charge is 0.337 e. The molecule has 21 heavy (non-hydrogen) atoms. The molecule has 1 aromatic heterocycles. The van der Waals surface area contributed by atoms with Crippen LogP contribution in [0.1, 0.15) is 16.1 Å². The molecule has 0 radical (unpaired) electrons. The minimum Gasteiger partial charge on any atom is -0.478 e. The Labute approximate surface area is 127 Å². The number of carbonyl (C=O) groups is 2. The number of carboxylic acid groups (broad SMARTS) is 1. The maximum absolute atomic E-state index is 11.7. The first-order valence-corrected chi connectivity index (χ1v) is 6.96. The highest BCUT2D eigenvalue weighted by Gasteiger charge is 2.13. The van der Waals surface area contributed by atoms with E-state index in [0.717, 1.165) is 11.3 Å². The summed E-state index contributed by atoms with van der Waals surface area (Å²) < 4.78 is 0. The van der Waals surface area contributed by atoms with Gasteiger partial charge in [-0.2, -0.15) is 0 Å². The Morgan fingerprint density at radius 3 is 2.76 bits per heavy atom. The van der Waals surface area contributed by atoms with Gasteiger partial charge in [-0.1, -0.05) is 22.9 Å². The van der Waals surface area contributed by atoms with Gasteiger partial charge in [-0.25, -0.2) is 9.59 Å². The molecule has 2 rings (SSSR count). The number of aromatic nitrogens is 1. The average molecular weight is 328 g/mol. The van der Waals surface area contributed by atoms with E-state index in [4.69, 9.17) is 16.7 Å². The van der Waals surface area contributed by atoms with E-state index < -0.39 is 12.0 Å². The zero-order valence-electron chi connectivity index (χ0n) is 10.5. The number of H-pyrrole nitrogens is 1. The molecule has 0 fully saturated rings. The Kier molecular flexibility index (Phi) is 4.61. The van der Waals surface area contributed by atoms with E-state index >= 15 is 0 Å². The standard InChI is InChI=1S/C12H10ClN3O4S/c13-6-1-2-8(10(17)18)9(3-6)16-11(19)14-4-7-5-21-12(20)15-7/h1-3,5H,4H2,(H,15,20)(H,17,18)(H2,14,16,19). The normalized spacial score (nSPS) is 10.1. The Balaban J connectivity index is 2.03. The third kappa shape index (κ3) is 4.07. The van der Waals surface area contributed by atoms with Crippen molar-refractivity contribution in [2.24, 2.45) is 0 Å². The highest BCUT2D eigenvalue weighted by atomic mass is 35.5. The first-order chi connectivity index (χ1) is 9.95. The molecule has 4 N–H and O–H groups in total. The number of halogens is 1. The summed E-state index contributed by atoms with van der Waals surface area (Å²) in [7, 11) is 0. The fourth-order valence-electron chi connectivity index (χ4n) is 1.55. The van der Waals surface area contributed by atoms with Crippen LogP contribution in [0.15, 0.2) is 28.4 Å². The lowest BCUT2D eigenvalue weighted by atomic mass is 10.2. The molecule has 9 heteroatoms. The molecule has 110 valence electrons. The van der Waals surface area contributed by atoms with Crippen LogP contribution in [0.3, 0.4) is 0 Å². The van der Waals surface area contributed by atoms with Gasteiger partial charge in [-0.15, -0.1) is 0 Å². The van der Waals surface area contributed by atoms with Gasteiger partial charge >= 0.3 is 16.9 Å². The average Bonchev–Trinajstić information content (AvgIpc) is 2.82. The fraction of sp³-hybridized carbons (Fsp3) is 0.0833. The molecular weight excluding hydrogens is 318 g/mol. The number of benzene rings is 1. The van der Waals surface area contributed by atoms with Gasteiger partial charge in [0.2, 0.25) is 0 Å². The summed E-state index contributed by atoms with van der Waals surface area (Å²) in [6, 6.07) is 3.46. The lowest BCUT2D eigenvalue weighted by molar-refractivity contribution is 0.0698. The van der Waals surface area contributed by atoms with E-state index in [1.54, 1.807) is 5.38 Å². The summed E-state index contributed by atoms with van der Waals surface area (Å²) in [5.74, 6) is -1.18. The van der Waals surface area contributed by atoms with Gasteiger partial charge < -0.3 is 20.7 Å². The Morgan fingerprint density at radius 2 is 2.14 bits per heavy atom. The van der Waals surface area contributed by atoms with Crippen LogP contribution in [0.25, 0.3) is 0 Å². The highest BCUT2D eigenvalue weighted by molar-refractivity contribution is 7.07. The number of carboxylic acids is 1. The molecule has 1 heterocycles. The van der Waals surface area contributed by atoms with Gasteiger partial charge in [-0.3, -0.25) is 4.79 Å². The molecule has 2 aromatic rings. The molecule has 0 aliphatic rings. The molecule has 1 aromatic carbocycles. The summed E-state index contributed by atoms with van der Waals surface area (Å²) >= 11 is 6.77. The number of anilines is 1. The van der Waals surface area contributed by atoms with Crippen LogP contribution in [-0.4, -0.2) is 22.1 Å². The van der Waals surface area contributed by atoms with Crippen LogP contribution < -0.4 is 15.5 Å². The number of amides is 2. The lowest BCUT2D eigenvalue weighted by Crippen LogP contribution is -2.29. The number of thiazole rings is 1. The minimum absolute atomic E-state index is 0.0708. The topological polar surface area (TPSA) is 111 Å². The van der Waals surface area contributed by atoms with Crippen molar-refractivity contribution in [1.82, 2.24) is 10.3 Å². The molecule has 0 saturated heterocycles. The second kappa shape index (κ2) is 6.42. The maximum Gasteiger partial charge on any atom is 0.337 e. The Hall–Kier alpha value is -2.32. The summed E-state index contributed by atoms with van der Waals surface area (Å²) in [6.45, 7) is 0.119. The number of aromatic amines is 1. The first-order valence-electron chi connectivity index (χ1n) is 5.70. The van der Waals surface area contributed by atoms with Gasteiger partial charge in [0, 0.05) is 16.1 Å². The zero-order valence-corrected chi connectivity index (χ0v) is 12.0. The number of nitrogens with one attached hydrogen (secondary N) is 3. The number of aromatic carboxylic acids is 1. The highest BCUT2D eigenvalue weighted by Crippen LogP contribution is 2.21. The molecular formula is C12H10ClN3O4S. The van der Waals surface area contributed by atoms with Gasteiger partial charge in [0.25, 0.3) is 0 Å². The van der Waals surface area contributed by atoms with Crippen molar-refractivity contribution in [2.75, 3.05) is 5.32 Å². The summed E-state index contributed by atoms with van der Waals surface area (Å²) in [5, 5.41) is 15.8. The van der Waals surface area contributed by atoms with Crippen LogP contribution >= 0.6 is 22.9 Å². The van der Waals surface area contributed by atoms with Crippen LogP contribution in [0.2, 0.25) is 5.02 Å². The monoisotopic (exact) mass is 327 g/mol. The van der Waals surface area contributed by atoms with Crippen molar-refractivity contribution < 1.29 is 14.7 Å². The number of hydrogen-bond donors (Lipinski definition) is 4. The fourth-order valence-corrected chi connectivity index (χ4v) is 2.30. The summed E-state index contributed by atoms with van der Waals surface area (Å²) in [4.78, 5) is 36.0. The van der Waals surface area contributed by atoms with Crippen molar-refractivity contribution >= 4 is 40.6 Å². The van der Waals surface area contributed by atoms with Crippen molar-refractivity contribution in [3.05, 3.63) is 49.5 Å². The lowest BCUT2D eigenvalue weighted by Gasteiger charge is -2.09. The van der Waals surface area contributed by atoms with E-state index in [1.807, 2.05) is 0 Å². The second-order valence-corrected chi connectivity index (χ2v) is 5.25. The van der Waals surface area contributed by atoms with E-state index in [-0.39, 0.29) is 22.7 Å². The molecule has 0 spiro atoms. The van der Waals surface area contributed by atoms with Gasteiger partial charge in [-0.05, 0) is 18.2 Å². The molecule has 0 saturated carbocycles. The number of carbonyl (C=O) groups excluding carboxylic acids is 1. The largest absolute Gasteiger partial charge is 0.478 e. The number of rotatable bonds is 4. The SMILES string of the molecule is O=C(NCc1csc(=O)[nH]1)Nc1cc(Cl)ccc1C(=O)O. The maximum atomic E-state index is 11.7. The molecule has 0 unspecified atom stereocenters. The second-order valence-electron chi connectivity index (χ2n) is 3.98. The molecule has 2 amide bonds. The van der Waals surface area contributed by atoms with Crippen molar-refractivity contribution in [1.29, 1.82) is 0 Å². The van der Waals surface area contributed by atoms with Crippen molar-refractivity contribution in [3.8, 4) is 0 Å². The predicted molar refractivity (Wildman–Crippen MR) is 79.2 cm³/mol. The third-order valence-electron chi connectivity index (χ3n) is 2.47. The van der Waals surface area contributed by atoms with E-state index in [2.05, 4.69) is 15.6 Å². The van der Waals surface area contributed by atoms with Crippen LogP contribution in [-0.2, 0) is 6.54 Å². The summed E-state index contributed by atoms with van der Waals surface area (Å²) in [6.07, 6.45) is 0. The molecule has 0 aliphatic heterocycles. The van der Waals surface area contributed by atoms with Gasteiger partial charge in [0.1, 0.15) is 0 Å². The predicted octanol–water partition coefficient (Wildman–Crippen LogP) is 2.11. The molecule has 0 aliphatic carbocycles. The molecule has 7 nitrogen and oxygen atoms in total. The van der Waals surface area contributed by atoms with Gasteiger partial charge in [0.15, 0.2) is 0 Å². The Morgan fingerprint density at radius 1 is 1.38 bits per heavy atom.